The van der Waals surface area contributed by atoms with E-state index < -0.39 is 17.5 Å². The summed E-state index contributed by atoms with van der Waals surface area (Å²) in [5, 5.41) is 2.83. The third kappa shape index (κ3) is 3.78. The van der Waals surface area contributed by atoms with Crippen molar-refractivity contribution in [3.63, 3.8) is 0 Å². The Kier molecular flexibility index (Phi) is 5.69. The van der Waals surface area contributed by atoms with Crippen molar-refractivity contribution in [3.8, 4) is 0 Å². The fourth-order valence-electron chi connectivity index (χ4n) is 4.10. The van der Waals surface area contributed by atoms with Crippen LogP contribution in [0.3, 0.4) is 0 Å². The Bertz CT molecular complexity index is 633. The van der Waals surface area contributed by atoms with Gasteiger partial charge in [-0.1, -0.05) is 19.8 Å². The first kappa shape index (κ1) is 19.6. The summed E-state index contributed by atoms with van der Waals surface area (Å²) >= 11 is 0. The summed E-state index contributed by atoms with van der Waals surface area (Å²) in [6.07, 6.45) is 3.40. The number of rotatable bonds is 4. The van der Waals surface area contributed by atoms with Gasteiger partial charge in [-0.05, 0) is 18.8 Å². The lowest BCUT2D eigenvalue weighted by molar-refractivity contribution is -0.144. The second-order valence-corrected chi connectivity index (χ2v) is 7.68. The molecule has 3 rings (SSSR count). The van der Waals surface area contributed by atoms with Crippen molar-refractivity contribution in [1.29, 1.82) is 0 Å². The highest BCUT2D eigenvalue weighted by atomic mass is 16.5. The van der Waals surface area contributed by atoms with E-state index in [-0.39, 0.29) is 30.8 Å². The van der Waals surface area contributed by atoms with Crippen LogP contribution < -0.4 is 5.32 Å². The first-order chi connectivity index (χ1) is 12.8. The van der Waals surface area contributed by atoms with Crippen molar-refractivity contribution in [2.24, 2.45) is 5.92 Å². The molecule has 5 amide bonds. The van der Waals surface area contributed by atoms with E-state index in [0.717, 1.165) is 24.2 Å². The Hall–Kier alpha value is -2.16. The van der Waals surface area contributed by atoms with Crippen LogP contribution in [-0.2, 0) is 19.1 Å². The summed E-state index contributed by atoms with van der Waals surface area (Å²) in [6.45, 7) is 3.55. The van der Waals surface area contributed by atoms with Crippen LogP contribution in [0, 0.1) is 5.92 Å². The van der Waals surface area contributed by atoms with Crippen molar-refractivity contribution in [2.45, 2.75) is 38.1 Å². The third-order valence-corrected chi connectivity index (χ3v) is 5.96. The van der Waals surface area contributed by atoms with Gasteiger partial charge in [0.1, 0.15) is 12.1 Å². The summed E-state index contributed by atoms with van der Waals surface area (Å²) in [7, 11) is 1.51. The maximum Gasteiger partial charge on any atom is 0.325 e. The number of ether oxygens (including phenoxy) is 1. The second kappa shape index (κ2) is 7.84. The number of nitrogens with zero attached hydrogens (tertiary/aromatic N) is 3. The molecule has 2 heterocycles. The topological polar surface area (TPSA) is 99.3 Å². The molecule has 3 fully saturated rings. The maximum atomic E-state index is 12.9. The highest BCUT2D eigenvalue weighted by Crippen LogP contribution is 2.38. The smallest absolute Gasteiger partial charge is 0.325 e. The van der Waals surface area contributed by atoms with E-state index >= 15 is 0 Å². The van der Waals surface area contributed by atoms with Gasteiger partial charge in [0.25, 0.3) is 5.91 Å². The molecule has 0 aromatic rings. The van der Waals surface area contributed by atoms with Crippen LogP contribution in [0.5, 0.6) is 0 Å². The lowest BCUT2D eigenvalue weighted by Crippen LogP contribution is -2.54. The number of imide groups is 1. The molecular weight excluding hydrogens is 352 g/mol. The minimum Gasteiger partial charge on any atom is -0.378 e. The molecule has 2 atom stereocenters. The SMILES string of the molecule is C[C@@H]1CCCC[C@]12NC(=O)N(CC(=O)N(C)CC(=O)N1CCOCC1)C2=O. The minimum absolute atomic E-state index is 0.0448. The number of carbonyl (C=O) groups excluding carboxylic acids is 4. The lowest BCUT2D eigenvalue weighted by Gasteiger charge is -2.36. The maximum absolute atomic E-state index is 12.9. The van der Waals surface area contributed by atoms with E-state index in [0.29, 0.717) is 32.7 Å². The van der Waals surface area contributed by atoms with Crippen LogP contribution in [0.25, 0.3) is 0 Å². The second-order valence-electron chi connectivity index (χ2n) is 7.68. The molecule has 0 radical (unpaired) electrons. The molecule has 0 bridgehead atoms. The largest absolute Gasteiger partial charge is 0.378 e. The molecule has 1 saturated carbocycles. The first-order valence-corrected chi connectivity index (χ1v) is 9.59. The van der Waals surface area contributed by atoms with Crippen LogP contribution >= 0.6 is 0 Å². The molecular formula is C18H28N4O5. The lowest BCUT2D eigenvalue weighted by atomic mass is 9.73. The molecule has 0 aromatic heterocycles. The average molecular weight is 380 g/mol. The Morgan fingerprint density at radius 1 is 1.26 bits per heavy atom. The predicted octanol–water partition coefficient (Wildman–Crippen LogP) is -0.196. The highest BCUT2D eigenvalue weighted by molar-refractivity contribution is 6.09. The van der Waals surface area contributed by atoms with E-state index in [1.165, 1.54) is 11.9 Å². The van der Waals surface area contributed by atoms with Crippen LogP contribution in [0.15, 0.2) is 0 Å². The van der Waals surface area contributed by atoms with Gasteiger partial charge in [-0.2, -0.15) is 0 Å². The predicted molar refractivity (Wildman–Crippen MR) is 95.6 cm³/mol. The molecule has 2 saturated heterocycles. The molecule has 9 nitrogen and oxygen atoms in total. The summed E-state index contributed by atoms with van der Waals surface area (Å²) in [5.74, 6) is -0.867. The van der Waals surface area contributed by atoms with Gasteiger partial charge in [0.2, 0.25) is 11.8 Å². The van der Waals surface area contributed by atoms with Crippen LogP contribution in [0.2, 0.25) is 0 Å². The van der Waals surface area contributed by atoms with Crippen LogP contribution in [0.1, 0.15) is 32.6 Å². The monoisotopic (exact) mass is 380 g/mol. The summed E-state index contributed by atoms with van der Waals surface area (Å²) < 4.78 is 5.21. The van der Waals surface area contributed by atoms with Gasteiger partial charge in [-0.15, -0.1) is 0 Å². The quantitative estimate of drug-likeness (QED) is 0.681. The Morgan fingerprint density at radius 3 is 2.63 bits per heavy atom. The van der Waals surface area contributed by atoms with Gasteiger partial charge < -0.3 is 19.9 Å². The number of carbonyl (C=O) groups is 4. The number of morpholine rings is 1. The Labute approximate surface area is 159 Å². The zero-order valence-electron chi connectivity index (χ0n) is 16.0. The summed E-state index contributed by atoms with van der Waals surface area (Å²) in [4.78, 5) is 54.0. The molecule has 9 heteroatoms. The normalized spacial score (nSPS) is 28.4. The van der Waals surface area contributed by atoms with Gasteiger partial charge >= 0.3 is 6.03 Å². The van der Waals surface area contributed by atoms with Gasteiger partial charge in [0.05, 0.1) is 19.8 Å². The Balaban J connectivity index is 1.59. The van der Waals surface area contributed by atoms with Crippen molar-refractivity contribution >= 4 is 23.8 Å². The number of likely N-dealkylation sites (N-methyl/N-ethyl adjacent to an activating group) is 1. The molecule has 3 aliphatic rings. The third-order valence-electron chi connectivity index (χ3n) is 5.96. The fourth-order valence-corrected chi connectivity index (χ4v) is 4.10. The van der Waals surface area contributed by atoms with Gasteiger partial charge in [0, 0.05) is 20.1 Å². The van der Waals surface area contributed by atoms with Crippen molar-refractivity contribution in [1.82, 2.24) is 20.0 Å². The highest BCUT2D eigenvalue weighted by Gasteiger charge is 2.55. The van der Waals surface area contributed by atoms with E-state index in [1.807, 2.05) is 6.92 Å². The molecule has 2 aliphatic heterocycles. The average Bonchev–Trinajstić information content (AvgIpc) is 2.89. The van der Waals surface area contributed by atoms with Gasteiger partial charge in [-0.25, -0.2) is 4.79 Å². The number of hydrogen-bond donors (Lipinski definition) is 1. The van der Waals surface area contributed by atoms with E-state index in [2.05, 4.69) is 5.32 Å². The van der Waals surface area contributed by atoms with Crippen molar-refractivity contribution in [3.05, 3.63) is 0 Å². The van der Waals surface area contributed by atoms with E-state index in [4.69, 9.17) is 4.74 Å². The number of nitrogens with one attached hydrogen (secondary N) is 1. The van der Waals surface area contributed by atoms with E-state index in [9.17, 15) is 19.2 Å². The summed E-state index contributed by atoms with van der Waals surface area (Å²) in [5.41, 5.74) is -0.877. The molecule has 1 aliphatic carbocycles. The first-order valence-electron chi connectivity index (χ1n) is 9.59. The zero-order chi connectivity index (χ0) is 19.6. The number of amides is 5. The van der Waals surface area contributed by atoms with Gasteiger partial charge in [-0.3, -0.25) is 19.3 Å². The molecule has 0 unspecified atom stereocenters. The van der Waals surface area contributed by atoms with Gasteiger partial charge in [0.15, 0.2) is 0 Å². The standard InChI is InChI=1S/C18H28N4O5/c1-13-5-3-4-6-18(13)16(25)22(17(26)19-18)12-14(23)20(2)11-15(24)21-7-9-27-10-8-21/h13H,3-12H2,1-2H3,(H,19,26)/t13-,18+/m1/s1. The van der Waals surface area contributed by atoms with Crippen molar-refractivity contribution in [2.75, 3.05) is 46.4 Å². The molecule has 1 spiro atoms. The summed E-state index contributed by atoms with van der Waals surface area (Å²) in [6, 6.07) is -0.519. The molecule has 0 aromatic carbocycles. The van der Waals surface area contributed by atoms with E-state index in [1.54, 1.807) is 4.90 Å². The van der Waals surface area contributed by atoms with Crippen molar-refractivity contribution < 1.29 is 23.9 Å². The minimum atomic E-state index is -0.877. The van der Waals surface area contributed by atoms with Crippen LogP contribution in [0.4, 0.5) is 4.79 Å². The fraction of sp³-hybridized carbons (Fsp3) is 0.778. The zero-order valence-corrected chi connectivity index (χ0v) is 16.0. The Morgan fingerprint density at radius 2 is 1.96 bits per heavy atom. The van der Waals surface area contributed by atoms with Crippen LogP contribution in [-0.4, -0.2) is 90.4 Å². The number of hydrogen-bond acceptors (Lipinski definition) is 5. The molecule has 27 heavy (non-hydrogen) atoms. The molecule has 150 valence electrons. The molecule has 1 N–H and O–H groups in total. The number of urea groups is 1.